The Morgan fingerprint density at radius 2 is 0.711 bits per heavy atom. The zero-order valence-electron chi connectivity index (χ0n) is 65.7. The van der Waals surface area contributed by atoms with Gasteiger partial charge >= 0.3 is 0 Å². The molecule has 97 heavy (non-hydrogen) atoms. The lowest BCUT2D eigenvalue weighted by molar-refractivity contribution is 1.04. The second-order valence-electron chi connectivity index (χ2n) is 23.7. The van der Waals surface area contributed by atoms with Gasteiger partial charge in [-0.2, -0.15) is 0 Å². The van der Waals surface area contributed by atoms with Crippen LogP contribution in [0, 0.1) is 6.57 Å². The molecule has 7 nitrogen and oxygen atoms in total. The fraction of sp³-hybridized carbons (Fsp3) is 0. The van der Waals surface area contributed by atoms with E-state index in [1.54, 1.807) is 34.8 Å². The number of hydrogen-bond donors (Lipinski definition) is 0. The van der Waals surface area contributed by atoms with Crippen molar-refractivity contribution in [1.82, 2.24) is 28.7 Å². The molecule has 6 aromatic heterocycles. The minimum atomic E-state index is -0.722. The summed E-state index contributed by atoms with van der Waals surface area (Å²) in [5, 5.41) is 8.57. The van der Waals surface area contributed by atoms with Gasteiger partial charge in [-0.1, -0.05) is 236 Å². The normalized spacial score (nSPS) is 14.1. The first-order chi connectivity index (χ1) is 54.3. The quantitative estimate of drug-likeness (QED) is 0.135. The molecule has 0 fully saturated rings. The molecule has 0 spiro atoms. The highest BCUT2D eigenvalue weighted by Gasteiger charge is 2.33. The molecule has 0 saturated heterocycles. The number of aromatic nitrogens is 6. The van der Waals surface area contributed by atoms with Crippen molar-refractivity contribution in [2.45, 2.75) is 0 Å². The van der Waals surface area contributed by atoms with E-state index in [-0.39, 0.29) is 34.7 Å². The molecule has 0 aliphatic heterocycles. The number of thiophene rings is 2. The van der Waals surface area contributed by atoms with Crippen molar-refractivity contribution in [3.05, 3.63) is 320 Å². The summed E-state index contributed by atoms with van der Waals surface area (Å²) in [6.45, 7) is 9.93. The number of para-hydroxylation sites is 2. The third-order valence-corrected chi connectivity index (χ3v) is 21.0. The van der Waals surface area contributed by atoms with E-state index < -0.39 is 101 Å². The van der Waals surface area contributed by atoms with Gasteiger partial charge in [0.25, 0.3) is 0 Å². The molecule has 0 unspecified atom stereocenters. The van der Waals surface area contributed by atoms with E-state index in [1.165, 1.54) is 0 Å². The lowest BCUT2D eigenvalue weighted by atomic mass is 10.0. The minimum absolute atomic E-state index is 0.00810. The van der Waals surface area contributed by atoms with Crippen molar-refractivity contribution in [3.63, 3.8) is 0 Å². The summed E-state index contributed by atoms with van der Waals surface area (Å²) < 4.78 is 147. The number of nitrogens with zero attached hydrogens (tertiary/aromatic N) is 7. The van der Waals surface area contributed by atoms with E-state index in [2.05, 4.69) is 110 Å². The summed E-state index contributed by atoms with van der Waals surface area (Å²) in [7, 11) is 0. The van der Waals surface area contributed by atoms with Crippen molar-refractivity contribution in [2.24, 2.45) is 0 Å². The van der Waals surface area contributed by atoms with Crippen LogP contribution in [0.2, 0.25) is 0 Å². The van der Waals surface area contributed by atoms with E-state index in [0.717, 1.165) is 89.5 Å². The van der Waals surface area contributed by atoms with Crippen LogP contribution in [0.15, 0.2) is 309 Å². The second-order valence-corrected chi connectivity index (χ2v) is 25.8. The first-order valence-electron chi connectivity index (χ1n) is 38.8. The number of benzene rings is 14. The third kappa shape index (κ3) is 8.48. The molecule has 20 rings (SSSR count). The van der Waals surface area contributed by atoms with E-state index in [0.29, 0.717) is 61.1 Å². The van der Waals surface area contributed by atoms with Crippen LogP contribution in [0.25, 0.3) is 195 Å². The Bertz CT molecular complexity index is 7440. The minimum Gasteiger partial charge on any atom is -0.317 e. The van der Waals surface area contributed by atoms with Gasteiger partial charge in [0.05, 0.1) is 77.3 Å². The van der Waals surface area contributed by atoms with E-state index in [9.17, 15) is 14.8 Å². The Kier molecular flexibility index (Phi) is 9.39. The van der Waals surface area contributed by atoms with Gasteiger partial charge in [-0.15, -0.1) is 22.7 Å². The highest BCUT2D eigenvalue weighted by Crippen LogP contribution is 2.53. The molecule has 0 saturated carbocycles. The Morgan fingerprint density at radius 1 is 0.299 bits per heavy atom. The molecule has 9 heteroatoms. The first-order valence-corrected chi connectivity index (χ1v) is 32.9. The summed E-state index contributed by atoms with van der Waals surface area (Å²) in [5.74, 6) is -1.32. The van der Waals surface area contributed by atoms with Gasteiger partial charge in [0, 0.05) is 89.4 Å². The van der Waals surface area contributed by atoms with Crippen LogP contribution in [0.4, 0.5) is 5.69 Å². The fourth-order valence-corrected chi connectivity index (χ4v) is 16.9. The SMILES string of the molecule is [2H]c1c([2H])c([2H])c(-c2ccc3c(c2)c2c4sc5ccccc5c4ccc2n3-c2c([N+]#[C-])cc(-c3nc(-c4c([2H])c([2H])c([2H])c([2H])c4[2H])nc(-c4c([2H])c([2H])c([2H])c([2H])c4[2H])n3)c(-n3c4ccc(-c5ccccc5)cc4c4c5sc6ccc(-c7ccccc7)cc6c5ccc43)c2-n2c3ccccc3c3ccccc32)c([2H])c1[2H]. The number of rotatable bonds is 9. The van der Waals surface area contributed by atoms with Crippen LogP contribution in [-0.2, 0) is 0 Å². The molecule has 0 N–H and O–H groups in total. The van der Waals surface area contributed by atoms with Gasteiger partial charge in [0.2, 0.25) is 5.69 Å². The summed E-state index contributed by atoms with van der Waals surface area (Å²) >= 11 is 3.22. The topological polar surface area (TPSA) is 57.8 Å². The molecular formula is C88H51N7S2. The molecule has 450 valence electrons. The van der Waals surface area contributed by atoms with Crippen molar-refractivity contribution in [3.8, 4) is 84.6 Å². The van der Waals surface area contributed by atoms with Gasteiger partial charge in [-0.3, -0.25) is 0 Å². The van der Waals surface area contributed by atoms with Crippen LogP contribution >= 0.6 is 22.7 Å². The smallest absolute Gasteiger partial charge is 0.213 e. The molecule has 6 heterocycles. The molecule has 14 aromatic carbocycles. The Labute approximate surface area is 585 Å². The summed E-state index contributed by atoms with van der Waals surface area (Å²) in [4.78, 5) is 19.9. The molecule has 20 aromatic rings. The predicted octanol–water partition coefficient (Wildman–Crippen LogP) is 24.5. The van der Waals surface area contributed by atoms with Gasteiger partial charge < -0.3 is 13.7 Å². The van der Waals surface area contributed by atoms with Crippen LogP contribution in [0.3, 0.4) is 0 Å². The van der Waals surface area contributed by atoms with E-state index in [4.69, 9.17) is 27.3 Å². The zero-order valence-corrected chi connectivity index (χ0v) is 52.4. The lowest BCUT2D eigenvalue weighted by Gasteiger charge is -2.26. The largest absolute Gasteiger partial charge is 0.317 e. The Hall–Kier alpha value is -12.6. The maximum atomic E-state index is 9.93. The van der Waals surface area contributed by atoms with Crippen LogP contribution in [0.1, 0.15) is 20.6 Å². The molecule has 0 atom stereocenters. The standard InChI is InChI=1S/C88H51N7S2/c1-89-70-52-69(88-91-86(56-29-13-5-14-30-56)90-87(92-88)57-31-15-6-16-32-57)81(94-73-44-39-58(53-23-7-2-8-24-53)50-67(73)79-75(94)47-43-65-66-49-60(55-27-11-4-12-28-55)41-48-78(66)97-85(65)79)83(93-71-36-20-17-33-61(71)62-34-18-21-37-72(62)93)82(70)95-74-45-40-59(54-25-9-3-10-26-54)51-68(74)80-76(95)46-42-64-63-35-19-22-38-77(63)96-84(64)80/h2-52H/i3D,5D,6D,9D,10D,13D,14D,15D,16D,25D,26D,29D,30D,31D,32D. The Balaban J connectivity index is 1.04. The van der Waals surface area contributed by atoms with Crippen molar-refractivity contribution < 1.29 is 20.6 Å². The molecule has 0 aliphatic carbocycles. The lowest BCUT2D eigenvalue weighted by Crippen LogP contribution is -2.12. The van der Waals surface area contributed by atoms with Gasteiger partial charge in [0.15, 0.2) is 17.5 Å². The Morgan fingerprint density at radius 3 is 1.27 bits per heavy atom. The maximum absolute atomic E-state index is 9.93. The van der Waals surface area contributed by atoms with Crippen molar-refractivity contribution in [2.75, 3.05) is 0 Å². The fourth-order valence-electron chi connectivity index (χ4n) is 14.4. The van der Waals surface area contributed by atoms with Crippen molar-refractivity contribution >= 4 is 134 Å². The number of fused-ring (bicyclic) bond motifs is 17. The summed E-state index contributed by atoms with van der Waals surface area (Å²) in [6, 6.07) is 63.0. The van der Waals surface area contributed by atoms with Gasteiger partial charge in [-0.05, 0) is 106 Å². The summed E-state index contributed by atoms with van der Waals surface area (Å²) in [6.07, 6.45) is 0. The van der Waals surface area contributed by atoms with Gasteiger partial charge in [0.1, 0.15) is 0 Å². The maximum Gasteiger partial charge on any atom is 0.213 e. The highest BCUT2D eigenvalue weighted by molar-refractivity contribution is 7.27. The molecule has 0 radical (unpaired) electrons. The molecular weight excluding hydrogens is 1220 g/mol. The van der Waals surface area contributed by atoms with Crippen LogP contribution in [-0.4, -0.2) is 28.7 Å². The number of hydrogen-bond acceptors (Lipinski definition) is 5. The van der Waals surface area contributed by atoms with E-state index >= 15 is 0 Å². The average Bonchev–Trinajstić information content (AvgIpc) is 1.49. The highest BCUT2D eigenvalue weighted by atomic mass is 32.1. The zero-order chi connectivity index (χ0) is 76.9. The monoisotopic (exact) mass is 1280 g/mol. The molecule has 0 aliphatic rings. The molecule has 0 amide bonds. The predicted molar refractivity (Wildman–Crippen MR) is 408 cm³/mol. The molecule has 0 bridgehead atoms. The van der Waals surface area contributed by atoms with E-state index in [1.807, 2.05) is 115 Å². The average molecular weight is 1290 g/mol. The third-order valence-electron chi connectivity index (χ3n) is 18.6. The van der Waals surface area contributed by atoms with Crippen LogP contribution in [0.5, 0.6) is 0 Å². The van der Waals surface area contributed by atoms with Crippen molar-refractivity contribution in [1.29, 1.82) is 0 Å². The van der Waals surface area contributed by atoms with Gasteiger partial charge in [-0.25, -0.2) is 19.8 Å². The second kappa shape index (κ2) is 21.7. The summed E-state index contributed by atoms with van der Waals surface area (Å²) in [5.41, 5.74) is 8.17. The van der Waals surface area contributed by atoms with Crippen LogP contribution < -0.4 is 0 Å². The first kappa shape index (κ1) is 41.9.